The molecule has 0 bridgehead atoms. The zero-order valence-electron chi connectivity index (χ0n) is 11.3. The van der Waals surface area contributed by atoms with Crippen LogP contribution in [0.1, 0.15) is 27.7 Å². The van der Waals surface area contributed by atoms with Gasteiger partial charge in [0.15, 0.2) is 0 Å². The van der Waals surface area contributed by atoms with Gasteiger partial charge in [0.05, 0.1) is 5.92 Å². The second-order valence-corrected chi connectivity index (χ2v) is 5.45. The fourth-order valence-electron chi connectivity index (χ4n) is 1.99. The first-order valence-corrected chi connectivity index (χ1v) is 6.07. The Morgan fingerprint density at radius 1 is 1.44 bits per heavy atom. The fourth-order valence-corrected chi connectivity index (χ4v) is 1.99. The number of imide groups is 1. The van der Waals surface area contributed by atoms with Gasteiger partial charge in [-0.25, -0.2) is 0 Å². The van der Waals surface area contributed by atoms with Crippen LogP contribution in [-0.2, 0) is 14.4 Å². The zero-order chi connectivity index (χ0) is 14.1. The van der Waals surface area contributed by atoms with Gasteiger partial charge in [-0.15, -0.1) is 0 Å². The molecule has 1 aliphatic rings. The number of nitrogens with one attached hydrogen (secondary N) is 1. The highest BCUT2D eigenvalue weighted by Crippen LogP contribution is 2.23. The number of carbonyl (C=O) groups is 3. The van der Waals surface area contributed by atoms with Crippen LogP contribution >= 0.6 is 0 Å². The van der Waals surface area contributed by atoms with Gasteiger partial charge in [-0.2, -0.15) is 0 Å². The van der Waals surface area contributed by atoms with E-state index in [0.29, 0.717) is 0 Å². The minimum atomic E-state index is -1.02. The van der Waals surface area contributed by atoms with Crippen molar-refractivity contribution in [2.45, 2.75) is 33.2 Å². The van der Waals surface area contributed by atoms with Crippen molar-refractivity contribution in [2.24, 2.45) is 17.6 Å². The van der Waals surface area contributed by atoms with Gasteiger partial charge in [-0.1, -0.05) is 13.8 Å². The van der Waals surface area contributed by atoms with Crippen molar-refractivity contribution in [2.75, 3.05) is 13.1 Å². The molecule has 1 rings (SSSR count). The summed E-state index contributed by atoms with van der Waals surface area (Å²) in [6.07, 6.45) is 0. The van der Waals surface area contributed by atoms with Crippen LogP contribution in [0.2, 0.25) is 0 Å². The molecule has 1 saturated heterocycles. The van der Waals surface area contributed by atoms with E-state index >= 15 is 0 Å². The molecule has 0 radical (unpaired) electrons. The third kappa shape index (κ3) is 2.53. The number of nitrogens with zero attached hydrogens (tertiary/aromatic N) is 1. The number of nitrogens with two attached hydrogens (primary N) is 1. The molecule has 6 heteroatoms. The predicted octanol–water partition coefficient (Wildman–Crippen LogP) is -0.519. The van der Waals surface area contributed by atoms with Gasteiger partial charge < -0.3 is 10.6 Å². The summed E-state index contributed by atoms with van der Waals surface area (Å²) in [6.45, 7) is 7.16. The lowest BCUT2D eigenvalue weighted by Gasteiger charge is -2.42. The molecule has 0 aromatic rings. The number of rotatable bonds is 3. The summed E-state index contributed by atoms with van der Waals surface area (Å²) in [6, 6.07) is 0. The average Bonchev–Trinajstić information content (AvgIpc) is 2.24. The minimum absolute atomic E-state index is 0.0680. The van der Waals surface area contributed by atoms with E-state index in [2.05, 4.69) is 5.32 Å². The van der Waals surface area contributed by atoms with Gasteiger partial charge in [0.1, 0.15) is 12.1 Å². The maximum absolute atomic E-state index is 12.4. The predicted molar refractivity (Wildman–Crippen MR) is 66.3 cm³/mol. The molecule has 1 atom stereocenters. The molecule has 0 spiro atoms. The molecule has 1 aliphatic heterocycles. The lowest BCUT2D eigenvalue weighted by Crippen LogP contribution is -2.66. The summed E-state index contributed by atoms with van der Waals surface area (Å²) >= 11 is 0. The molecule has 18 heavy (non-hydrogen) atoms. The minimum Gasteiger partial charge on any atom is -0.330 e. The van der Waals surface area contributed by atoms with Crippen LogP contribution in [0, 0.1) is 11.8 Å². The van der Waals surface area contributed by atoms with Crippen LogP contribution in [0.15, 0.2) is 0 Å². The first-order chi connectivity index (χ1) is 8.21. The molecule has 0 aliphatic carbocycles. The second-order valence-electron chi connectivity index (χ2n) is 5.45. The Bertz CT molecular complexity index is 377. The molecule has 1 unspecified atom stereocenters. The maximum Gasteiger partial charge on any atom is 0.252 e. The Labute approximate surface area is 107 Å². The highest BCUT2D eigenvalue weighted by atomic mass is 16.2. The van der Waals surface area contributed by atoms with Gasteiger partial charge in [-0.3, -0.25) is 19.7 Å². The normalized spacial score (nSPS) is 20.9. The zero-order valence-corrected chi connectivity index (χ0v) is 11.3. The number of carbonyl (C=O) groups excluding carboxylic acids is 3. The lowest BCUT2D eigenvalue weighted by molar-refractivity contribution is -0.158. The molecular weight excluding hydrogens is 234 g/mol. The molecule has 0 aromatic carbocycles. The molecule has 102 valence electrons. The van der Waals surface area contributed by atoms with E-state index in [1.54, 1.807) is 13.8 Å². The van der Waals surface area contributed by atoms with E-state index in [0.717, 1.165) is 0 Å². The quantitative estimate of drug-likeness (QED) is 0.664. The van der Waals surface area contributed by atoms with Crippen LogP contribution in [0.5, 0.6) is 0 Å². The number of hydrogen-bond donors (Lipinski definition) is 2. The van der Waals surface area contributed by atoms with Crippen LogP contribution in [0.25, 0.3) is 0 Å². The number of amides is 3. The summed E-state index contributed by atoms with van der Waals surface area (Å²) in [4.78, 5) is 36.9. The van der Waals surface area contributed by atoms with Crippen LogP contribution in [0.3, 0.4) is 0 Å². The van der Waals surface area contributed by atoms with E-state index in [4.69, 9.17) is 5.73 Å². The average molecular weight is 255 g/mol. The Kier molecular flexibility index (Phi) is 4.11. The molecule has 3 amide bonds. The molecule has 1 heterocycles. The largest absolute Gasteiger partial charge is 0.330 e. The Morgan fingerprint density at radius 2 is 2.00 bits per heavy atom. The molecule has 6 nitrogen and oxygen atoms in total. The van der Waals surface area contributed by atoms with Gasteiger partial charge in [-0.05, 0) is 19.8 Å². The SMILES string of the molecule is CC(C)C(CN)C(=O)N1CC(=O)NC(=O)C1(C)C. The Morgan fingerprint density at radius 3 is 2.44 bits per heavy atom. The standard InChI is InChI=1S/C12H21N3O3/c1-7(2)8(5-13)10(17)15-6-9(16)14-11(18)12(15,3)4/h7-8H,5-6,13H2,1-4H3,(H,14,16,18). The molecular formula is C12H21N3O3. The smallest absolute Gasteiger partial charge is 0.252 e. The van der Waals surface area contributed by atoms with Gasteiger partial charge in [0.25, 0.3) is 5.91 Å². The van der Waals surface area contributed by atoms with Crippen molar-refractivity contribution in [3.63, 3.8) is 0 Å². The van der Waals surface area contributed by atoms with E-state index in [1.165, 1.54) is 4.90 Å². The van der Waals surface area contributed by atoms with Crippen LogP contribution < -0.4 is 11.1 Å². The number of hydrogen-bond acceptors (Lipinski definition) is 4. The van der Waals surface area contributed by atoms with Crippen LogP contribution in [0.4, 0.5) is 0 Å². The van der Waals surface area contributed by atoms with E-state index in [-0.39, 0.29) is 30.8 Å². The summed E-state index contributed by atoms with van der Waals surface area (Å²) in [5.74, 6) is -1.44. The van der Waals surface area contributed by atoms with Crippen molar-refractivity contribution in [1.29, 1.82) is 0 Å². The monoisotopic (exact) mass is 255 g/mol. The van der Waals surface area contributed by atoms with Crippen molar-refractivity contribution >= 4 is 17.7 Å². The topological polar surface area (TPSA) is 92.5 Å². The third-order valence-corrected chi connectivity index (χ3v) is 3.43. The molecule has 1 fully saturated rings. The van der Waals surface area contributed by atoms with Gasteiger partial charge in [0, 0.05) is 6.54 Å². The summed E-state index contributed by atoms with van der Waals surface area (Å²) in [5.41, 5.74) is 4.59. The van der Waals surface area contributed by atoms with E-state index in [9.17, 15) is 14.4 Å². The number of piperazine rings is 1. The van der Waals surface area contributed by atoms with Gasteiger partial charge >= 0.3 is 0 Å². The summed E-state index contributed by atoms with van der Waals surface area (Å²) < 4.78 is 0. The highest BCUT2D eigenvalue weighted by molar-refractivity contribution is 6.06. The lowest BCUT2D eigenvalue weighted by atomic mass is 9.90. The Balaban J connectivity index is 3.01. The maximum atomic E-state index is 12.4. The molecule has 3 N–H and O–H groups in total. The second kappa shape index (κ2) is 5.06. The van der Waals surface area contributed by atoms with Crippen molar-refractivity contribution in [1.82, 2.24) is 10.2 Å². The Hall–Kier alpha value is -1.43. The molecule has 0 aromatic heterocycles. The van der Waals surface area contributed by atoms with Crippen LogP contribution in [-0.4, -0.2) is 41.2 Å². The summed E-state index contributed by atoms with van der Waals surface area (Å²) in [5, 5.41) is 2.24. The van der Waals surface area contributed by atoms with Crippen molar-refractivity contribution in [3.8, 4) is 0 Å². The van der Waals surface area contributed by atoms with Crippen molar-refractivity contribution < 1.29 is 14.4 Å². The highest BCUT2D eigenvalue weighted by Gasteiger charge is 2.45. The first-order valence-electron chi connectivity index (χ1n) is 6.07. The fraction of sp³-hybridized carbons (Fsp3) is 0.750. The summed E-state index contributed by atoms with van der Waals surface area (Å²) in [7, 11) is 0. The molecule has 0 saturated carbocycles. The van der Waals surface area contributed by atoms with E-state index in [1.807, 2.05) is 13.8 Å². The third-order valence-electron chi connectivity index (χ3n) is 3.43. The first kappa shape index (κ1) is 14.6. The van der Waals surface area contributed by atoms with Crippen molar-refractivity contribution in [3.05, 3.63) is 0 Å². The van der Waals surface area contributed by atoms with Gasteiger partial charge in [0.2, 0.25) is 11.8 Å². The van der Waals surface area contributed by atoms with E-state index < -0.39 is 17.4 Å².